The van der Waals surface area contributed by atoms with Crippen molar-refractivity contribution in [1.29, 1.82) is 0 Å². The van der Waals surface area contributed by atoms with Gasteiger partial charge in [-0.2, -0.15) is 4.99 Å². The van der Waals surface area contributed by atoms with Crippen molar-refractivity contribution in [3.63, 3.8) is 0 Å². The Bertz CT molecular complexity index is 481. The molecule has 1 unspecified atom stereocenters. The van der Waals surface area contributed by atoms with Crippen LogP contribution in [0.4, 0.5) is 0 Å². The average Bonchev–Trinajstić information content (AvgIpc) is 2.29. The second kappa shape index (κ2) is 6.16. The summed E-state index contributed by atoms with van der Waals surface area (Å²) in [5.41, 5.74) is 0.135. The Labute approximate surface area is 111 Å². The second-order valence-corrected chi connectivity index (χ2v) is 5.14. The van der Waals surface area contributed by atoms with Gasteiger partial charge < -0.3 is 9.84 Å². The van der Waals surface area contributed by atoms with Gasteiger partial charge in [0.15, 0.2) is 6.04 Å². The van der Waals surface area contributed by atoms with Crippen LogP contribution in [0.2, 0.25) is 0 Å². The Balaban J connectivity index is 2.81. The molecule has 102 valence electrons. The van der Waals surface area contributed by atoms with Gasteiger partial charge in [-0.25, -0.2) is 9.59 Å². The van der Waals surface area contributed by atoms with Gasteiger partial charge in [0.2, 0.25) is 6.08 Å². The Morgan fingerprint density at radius 1 is 1.37 bits per heavy atom. The highest BCUT2D eigenvalue weighted by molar-refractivity contribution is 5.77. The van der Waals surface area contributed by atoms with E-state index < -0.39 is 17.6 Å². The third kappa shape index (κ3) is 5.36. The minimum atomic E-state index is -0.915. The van der Waals surface area contributed by atoms with Crippen LogP contribution in [0.5, 0.6) is 5.75 Å². The van der Waals surface area contributed by atoms with Gasteiger partial charge in [0.1, 0.15) is 11.4 Å². The van der Waals surface area contributed by atoms with Gasteiger partial charge in [-0.3, -0.25) is 0 Å². The van der Waals surface area contributed by atoms with Crippen LogP contribution in [0.25, 0.3) is 0 Å². The molecule has 5 heteroatoms. The molecule has 0 heterocycles. The second-order valence-electron chi connectivity index (χ2n) is 5.14. The van der Waals surface area contributed by atoms with E-state index in [4.69, 9.17) is 4.74 Å². The third-order valence-corrected chi connectivity index (χ3v) is 2.25. The molecule has 0 aliphatic carbocycles. The van der Waals surface area contributed by atoms with Crippen LogP contribution in [0.3, 0.4) is 0 Å². The van der Waals surface area contributed by atoms with E-state index >= 15 is 0 Å². The van der Waals surface area contributed by atoms with Crippen LogP contribution in [0, 0.1) is 0 Å². The Hall–Kier alpha value is -2.13. The fourth-order valence-electron chi connectivity index (χ4n) is 1.47. The van der Waals surface area contributed by atoms with E-state index in [0.717, 1.165) is 5.56 Å². The molecule has 1 aromatic carbocycles. The van der Waals surface area contributed by atoms with Gasteiger partial charge >= 0.3 is 5.97 Å². The number of hydrogen-bond acceptors (Lipinski definition) is 5. The maximum atomic E-state index is 11.9. The molecule has 1 N–H and O–H groups in total. The average molecular weight is 263 g/mol. The van der Waals surface area contributed by atoms with Crippen molar-refractivity contribution in [3.05, 3.63) is 29.8 Å². The van der Waals surface area contributed by atoms with Gasteiger partial charge in [0.05, 0.1) is 0 Å². The number of carbonyl (C=O) groups is 1. The highest BCUT2D eigenvalue weighted by atomic mass is 16.6. The first-order chi connectivity index (χ1) is 8.81. The Morgan fingerprint density at radius 3 is 2.42 bits per heavy atom. The molecule has 0 amide bonds. The summed E-state index contributed by atoms with van der Waals surface area (Å²) >= 11 is 0. The monoisotopic (exact) mass is 263 g/mol. The standard InChI is InChI=1S/C14H17NO4/c1-14(2,3)19-13(18)12(15-9-16)8-10-4-6-11(17)7-5-10/h4-7,12,17H,8H2,1-3H3. The van der Waals surface area contributed by atoms with Crippen LogP contribution in [-0.2, 0) is 20.7 Å². The molecule has 19 heavy (non-hydrogen) atoms. The molecule has 1 rings (SSSR count). The maximum Gasteiger partial charge on any atom is 0.332 e. The highest BCUT2D eigenvalue weighted by Gasteiger charge is 2.25. The number of hydrogen-bond donors (Lipinski definition) is 1. The Kier molecular flexibility index (Phi) is 4.84. The number of aromatic hydroxyl groups is 1. The molecular weight excluding hydrogens is 246 g/mol. The van der Waals surface area contributed by atoms with E-state index in [0.29, 0.717) is 0 Å². The summed E-state index contributed by atoms with van der Waals surface area (Å²) in [6.07, 6.45) is 1.62. The minimum absolute atomic E-state index is 0.136. The number of isocyanates is 1. The lowest BCUT2D eigenvalue weighted by Gasteiger charge is -2.21. The van der Waals surface area contributed by atoms with E-state index in [1.807, 2.05) is 0 Å². The first kappa shape index (κ1) is 14.9. The van der Waals surface area contributed by atoms with E-state index in [2.05, 4.69) is 4.99 Å². The minimum Gasteiger partial charge on any atom is -0.508 e. The number of aliphatic imine (C=N–C) groups is 1. The zero-order valence-corrected chi connectivity index (χ0v) is 11.2. The van der Waals surface area contributed by atoms with Gasteiger partial charge in [-0.05, 0) is 38.5 Å². The van der Waals surface area contributed by atoms with Crippen LogP contribution in [0.15, 0.2) is 29.3 Å². The number of benzene rings is 1. The fraction of sp³-hybridized carbons (Fsp3) is 0.429. The van der Waals surface area contributed by atoms with Crippen LogP contribution < -0.4 is 0 Å². The number of carbonyl (C=O) groups excluding carboxylic acids is 2. The fourth-order valence-corrected chi connectivity index (χ4v) is 1.47. The van der Waals surface area contributed by atoms with Crippen molar-refractivity contribution in [2.24, 2.45) is 4.99 Å². The number of ether oxygens (including phenoxy) is 1. The lowest BCUT2D eigenvalue weighted by molar-refractivity contribution is -0.156. The number of rotatable bonds is 4. The van der Waals surface area contributed by atoms with Gasteiger partial charge in [-0.15, -0.1) is 0 Å². The van der Waals surface area contributed by atoms with Gasteiger partial charge in [0.25, 0.3) is 0 Å². The summed E-state index contributed by atoms with van der Waals surface area (Å²) in [5, 5.41) is 9.18. The smallest absolute Gasteiger partial charge is 0.332 e. The van der Waals surface area contributed by atoms with Crippen LogP contribution in [0.1, 0.15) is 26.3 Å². The first-order valence-electron chi connectivity index (χ1n) is 5.89. The van der Waals surface area contributed by atoms with Crippen molar-refractivity contribution < 1.29 is 19.4 Å². The Morgan fingerprint density at radius 2 is 1.95 bits per heavy atom. The zero-order valence-electron chi connectivity index (χ0n) is 11.2. The van der Waals surface area contributed by atoms with E-state index in [9.17, 15) is 14.7 Å². The van der Waals surface area contributed by atoms with Crippen LogP contribution >= 0.6 is 0 Å². The van der Waals surface area contributed by atoms with Crippen molar-refractivity contribution in [3.8, 4) is 5.75 Å². The first-order valence-corrected chi connectivity index (χ1v) is 5.89. The van der Waals surface area contributed by atoms with E-state index in [1.54, 1.807) is 32.9 Å². The topological polar surface area (TPSA) is 76.0 Å². The molecule has 0 fully saturated rings. The molecule has 0 spiro atoms. The molecule has 1 aromatic rings. The van der Waals surface area contributed by atoms with Crippen molar-refractivity contribution >= 4 is 12.0 Å². The lowest BCUT2D eigenvalue weighted by atomic mass is 10.1. The lowest BCUT2D eigenvalue weighted by Crippen LogP contribution is -2.32. The molecule has 0 aliphatic heterocycles. The summed E-state index contributed by atoms with van der Waals surface area (Å²) in [4.78, 5) is 25.7. The summed E-state index contributed by atoms with van der Waals surface area (Å²) in [6.45, 7) is 5.23. The predicted molar refractivity (Wildman–Crippen MR) is 69.6 cm³/mol. The van der Waals surface area contributed by atoms with Gasteiger partial charge in [-0.1, -0.05) is 12.1 Å². The molecular formula is C14H17NO4. The van der Waals surface area contributed by atoms with Crippen molar-refractivity contribution in [2.75, 3.05) is 0 Å². The molecule has 0 aromatic heterocycles. The van der Waals surface area contributed by atoms with Crippen molar-refractivity contribution in [2.45, 2.75) is 38.8 Å². The number of phenols is 1. The zero-order chi connectivity index (χ0) is 14.5. The summed E-state index contributed by atoms with van der Waals surface area (Å²) in [7, 11) is 0. The molecule has 0 radical (unpaired) electrons. The summed E-state index contributed by atoms with van der Waals surface area (Å²) in [6, 6.07) is 5.42. The number of nitrogens with zero attached hydrogens (tertiary/aromatic N) is 1. The number of esters is 1. The molecule has 1 atom stereocenters. The maximum absolute atomic E-state index is 11.9. The van der Waals surface area contributed by atoms with E-state index in [1.165, 1.54) is 18.2 Å². The highest BCUT2D eigenvalue weighted by Crippen LogP contribution is 2.15. The molecule has 0 bridgehead atoms. The molecule has 5 nitrogen and oxygen atoms in total. The largest absolute Gasteiger partial charge is 0.508 e. The summed E-state index contributed by atoms with van der Waals surface area (Å²) < 4.78 is 5.19. The van der Waals surface area contributed by atoms with Crippen molar-refractivity contribution in [1.82, 2.24) is 0 Å². The third-order valence-electron chi connectivity index (χ3n) is 2.25. The normalized spacial score (nSPS) is 12.4. The summed E-state index contributed by atoms with van der Waals surface area (Å²) in [5.74, 6) is -0.430. The molecule has 0 aliphatic rings. The SMILES string of the molecule is CC(C)(C)OC(=O)C(Cc1ccc(O)cc1)N=C=O. The molecule has 0 saturated heterocycles. The van der Waals surface area contributed by atoms with E-state index in [-0.39, 0.29) is 12.2 Å². The molecule has 0 saturated carbocycles. The van der Waals surface area contributed by atoms with Crippen LogP contribution in [-0.4, -0.2) is 28.8 Å². The predicted octanol–water partition coefficient (Wildman–Crippen LogP) is 1.98. The quantitative estimate of drug-likeness (QED) is 0.512. The number of phenolic OH excluding ortho intramolecular Hbond substituents is 1. The van der Waals surface area contributed by atoms with Gasteiger partial charge in [0, 0.05) is 6.42 Å².